The highest BCUT2D eigenvalue weighted by molar-refractivity contribution is 7.98. The molecule has 2 aromatic carbocycles. The Morgan fingerprint density at radius 1 is 1.06 bits per heavy atom. The lowest BCUT2D eigenvalue weighted by Crippen LogP contribution is -1.82. The number of para-hydroxylation sites is 1. The fourth-order valence-electron chi connectivity index (χ4n) is 1.78. The summed E-state index contributed by atoms with van der Waals surface area (Å²) in [5.74, 6) is 1.77. The van der Waals surface area contributed by atoms with Gasteiger partial charge in [-0.05, 0) is 24.3 Å². The van der Waals surface area contributed by atoms with E-state index in [9.17, 15) is 0 Å². The van der Waals surface area contributed by atoms with Gasteiger partial charge in [0.2, 0.25) is 0 Å². The maximum Gasteiger partial charge on any atom is 0.117 e. The third-order valence-electron chi connectivity index (χ3n) is 2.63. The van der Waals surface area contributed by atoms with Crippen molar-refractivity contribution in [2.75, 3.05) is 0 Å². The summed E-state index contributed by atoms with van der Waals surface area (Å²) >= 11 is 7.86. The fourth-order valence-corrected chi connectivity index (χ4v) is 2.79. The number of thioether (sulfide) groups is 1. The molecule has 3 aromatic rings. The maximum atomic E-state index is 6.10. The molecule has 0 spiro atoms. The Hall–Kier alpha value is -1.45. The van der Waals surface area contributed by atoms with Gasteiger partial charge in [-0.1, -0.05) is 35.9 Å². The van der Waals surface area contributed by atoms with Gasteiger partial charge < -0.3 is 4.98 Å². The van der Waals surface area contributed by atoms with Crippen molar-refractivity contribution in [3.8, 4) is 0 Å². The van der Waals surface area contributed by atoms with E-state index in [4.69, 9.17) is 11.6 Å². The Balaban J connectivity index is 1.81. The average Bonchev–Trinajstić information content (AvgIpc) is 2.82. The van der Waals surface area contributed by atoms with Crippen LogP contribution in [0.25, 0.3) is 11.0 Å². The van der Waals surface area contributed by atoms with E-state index in [-0.39, 0.29) is 0 Å². The third kappa shape index (κ3) is 2.37. The van der Waals surface area contributed by atoms with Crippen molar-refractivity contribution in [2.45, 2.75) is 10.6 Å². The Labute approximate surface area is 114 Å². The van der Waals surface area contributed by atoms with Crippen molar-refractivity contribution in [1.29, 1.82) is 0 Å². The smallest absolute Gasteiger partial charge is 0.117 e. The van der Waals surface area contributed by atoms with Crippen LogP contribution >= 0.6 is 23.4 Å². The van der Waals surface area contributed by atoms with E-state index < -0.39 is 0 Å². The number of rotatable bonds is 3. The van der Waals surface area contributed by atoms with E-state index in [0.717, 1.165) is 22.6 Å². The van der Waals surface area contributed by atoms with Crippen molar-refractivity contribution in [3.05, 3.63) is 59.4 Å². The summed E-state index contributed by atoms with van der Waals surface area (Å²) < 4.78 is 0. The molecule has 0 unspecified atom stereocenters. The van der Waals surface area contributed by atoms with Crippen molar-refractivity contribution < 1.29 is 0 Å². The highest BCUT2D eigenvalue weighted by Gasteiger charge is 2.05. The quantitative estimate of drug-likeness (QED) is 0.712. The molecule has 1 heterocycles. The zero-order valence-corrected chi connectivity index (χ0v) is 11.1. The van der Waals surface area contributed by atoms with Gasteiger partial charge in [-0.2, -0.15) is 0 Å². The molecule has 0 aliphatic heterocycles. The highest BCUT2D eigenvalue weighted by atomic mass is 35.5. The van der Waals surface area contributed by atoms with Gasteiger partial charge in [0.15, 0.2) is 0 Å². The maximum absolute atomic E-state index is 6.10. The minimum Gasteiger partial charge on any atom is -0.341 e. The first-order valence-electron chi connectivity index (χ1n) is 5.64. The van der Waals surface area contributed by atoms with Gasteiger partial charge in [0.05, 0.1) is 16.3 Å². The van der Waals surface area contributed by atoms with Crippen molar-refractivity contribution in [1.82, 2.24) is 9.97 Å². The summed E-state index contributed by atoms with van der Waals surface area (Å²) in [6.45, 7) is 0. The standard InChI is InChI=1S/C14H11ClN2S/c15-11-7-4-8-12-14(11)17-13(16-12)9-18-10-5-2-1-3-6-10/h1-8H,9H2,(H,16,17). The number of nitrogens with zero attached hydrogens (tertiary/aromatic N) is 1. The molecular formula is C14H11ClN2S. The topological polar surface area (TPSA) is 28.7 Å². The summed E-state index contributed by atoms with van der Waals surface area (Å²) in [5, 5.41) is 0.694. The van der Waals surface area contributed by atoms with Gasteiger partial charge >= 0.3 is 0 Å². The predicted molar refractivity (Wildman–Crippen MR) is 77.1 cm³/mol. The van der Waals surface area contributed by atoms with Crippen LogP contribution < -0.4 is 0 Å². The van der Waals surface area contributed by atoms with Gasteiger partial charge in [0.25, 0.3) is 0 Å². The van der Waals surface area contributed by atoms with E-state index in [1.54, 1.807) is 11.8 Å². The molecule has 0 fully saturated rings. The average molecular weight is 275 g/mol. The first-order chi connectivity index (χ1) is 8.83. The first kappa shape index (κ1) is 11.6. The Morgan fingerprint density at radius 2 is 1.89 bits per heavy atom. The highest BCUT2D eigenvalue weighted by Crippen LogP contribution is 2.25. The number of aromatic nitrogens is 2. The van der Waals surface area contributed by atoms with Crippen LogP contribution in [0.4, 0.5) is 0 Å². The zero-order valence-electron chi connectivity index (χ0n) is 9.56. The number of hydrogen-bond donors (Lipinski definition) is 1. The molecule has 1 N–H and O–H groups in total. The second kappa shape index (κ2) is 5.04. The summed E-state index contributed by atoms with van der Waals surface area (Å²) in [6, 6.07) is 16.1. The molecule has 0 aliphatic rings. The molecule has 0 atom stereocenters. The van der Waals surface area contributed by atoms with Crippen LogP contribution in [0.1, 0.15) is 5.82 Å². The molecule has 0 radical (unpaired) electrons. The van der Waals surface area contributed by atoms with Crippen LogP contribution in [0.3, 0.4) is 0 Å². The lowest BCUT2D eigenvalue weighted by molar-refractivity contribution is 1.14. The van der Waals surface area contributed by atoms with Crippen LogP contribution in [0, 0.1) is 0 Å². The van der Waals surface area contributed by atoms with Crippen LogP contribution in [0.5, 0.6) is 0 Å². The predicted octanol–water partition coefficient (Wildman–Crippen LogP) is 4.51. The van der Waals surface area contributed by atoms with E-state index in [2.05, 4.69) is 22.1 Å². The molecule has 3 rings (SSSR count). The number of aromatic amines is 1. The van der Waals surface area contributed by atoms with Crippen LogP contribution in [-0.2, 0) is 5.75 Å². The number of hydrogen-bond acceptors (Lipinski definition) is 2. The van der Waals surface area contributed by atoms with Crippen LogP contribution in [0.15, 0.2) is 53.4 Å². The third-order valence-corrected chi connectivity index (χ3v) is 3.96. The largest absolute Gasteiger partial charge is 0.341 e. The van der Waals surface area contributed by atoms with Gasteiger partial charge in [-0.3, -0.25) is 0 Å². The van der Waals surface area contributed by atoms with Crippen LogP contribution in [-0.4, -0.2) is 9.97 Å². The second-order valence-electron chi connectivity index (χ2n) is 3.92. The van der Waals surface area contributed by atoms with Gasteiger partial charge in [-0.25, -0.2) is 4.98 Å². The van der Waals surface area contributed by atoms with E-state index in [0.29, 0.717) is 5.02 Å². The summed E-state index contributed by atoms with van der Waals surface area (Å²) in [5.41, 5.74) is 1.84. The fraction of sp³-hybridized carbons (Fsp3) is 0.0714. The van der Waals surface area contributed by atoms with Gasteiger partial charge in [0.1, 0.15) is 11.3 Å². The minimum atomic E-state index is 0.694. The lowest BCUT2D eigenvalue weighted by atomic mass is 10.3. The molecule has 0 bridgehead atoms. The SMILES string of the molecule is Clc1cccc2[nH]c(CSc3ccccc3)nc12. The molecule has 0 aliphatic carbocycles. The van der Waals surface area contributed by atoms with Crippen molar-refractivity contribution in [3.63, 3.8) is 0 Å². The molecule has 90 valence electrons. The Bertz CT molecular complexity index is 664. The van der Waals surface area contributed by atoms with Crippen molar-refractivity contribution >= 4 is 34.4 Å². The molecule has 1 aromatic heterocycles. The molecule has 0 saturated heterocycles. The summed E-state index contributed by atoms with van der Waals surface area (Å²) in [7, 11) is 0. The summed E-state index contributed by atoms with van der Waals surface area (Å²) in [4.78, 5) is 9.05. The number of nitrogens with one attached hydrogen (secondary N) is 1. The number of halogens is 1. The first-order valence-corrected chi connectivity index (χ1v) is 7.00. The Kier molecular flexibility index (Phi) is 3.26. The molecule has 18 heavy (non-hydrogen) atoms. The van der Waals surface area contributed by atoms with E-state index in [1.165, 1.54) is 4.90 Å². The summed E-state index contributed by atoms with van der Waals surface area (Å²) in [6.07, 6.45) is 0. The molecule has 2 nitrogen and oxygen atoms in total. The number of benzene rings is 2. The second-order valence-corrected chi connectivity index (χ2v) is 5.38. The zero-order chi connectivity index (χ0) is 12.4. The van der Waals surface area contributed by atoms with E-state index >= 15 is 0 Å². The molecule has 0 saturated carbocycles. The monoisotopic (exact) mass is 274 g/mol. The minimum absolute atomic E-state index is 0.694. The normalized spacial score (nSPS) is 10.9. The van der Waals surface area contributed by atoms with Crippen molar-refractivity contribution in [2.24, 2.45) is 0 Å². The lowest BCUT2D eigenvalue weighted by Gasteiger charge is -1.97. The van der Waals surface area contributed by atoms with Crippen LogP contribution in [0.2, 0.25) is 5.02 Å². The number of H-pyrrole nitrogens is 1. The number of fused-ring (bicyclic) bond motifs is 1. The molecule has 0 amide bonds. The molecular weight excluding hydrogens is 264 g/mol. The van der Waals surface area contributed by atoms with Gasteiger partial charge in [-0.15, -0.1) is 11.8 Å². The Morgan fingerprint density at radius 3 is 2.67 bits per heavy atom. The number of imidazole rings is 1. The molecule has 4 heteroatoms. The van der Waals surface area contributed by atoms with Gasteiger partial charge in [0, 0.05) is 4.90 Å². The van der Waals surface area contributed by atoms with E-state index in [1.807, 2.05) is 36.4 Å².